The van der Waals surface area contributed by atoms with Crippen LogP contribution in [0.5, 0.6) is 0 Å². The van der Waals surface area contributed by atoms with E-state index >= 15 is 0 Å². The zero-order valence-electron chi connectivity index (χ0n) is 16.8. The van der Waals surface area contributed by atoms with Gasteiger partial charge in [-0.2, -0.15) is 0 Å². The largest absolute Gasteiger partial charge is 0.474 e. The zero-order valence-corrected chi connectivity index (χ0v) is 16.8. The monoisotopic (exact) mass is 378 g/mol. The van der Waals surface area contributed by atoms with Crippen LogP contribution in [-0.2, 0) is 9.47 Å². The van der Waals surface area contributed by atoms with E-state index in [9.17, 15) is 0 Å². The number of rotatable bonds is 5. The molecule has 0 saturated carbocycles. The van der Waals surface area contributed by atoms with Crippen LogP contribution in [-0.4, -0.2) is 47.1 Å². The third-order valence-electron chi connectivity index (χ3n) is 5.09. The second-order valence-corrected chi connectivity index (χ2v) is 7.93. The lowest BCUT2D eigenvalue weighted by atomic mass is 10.1. The Morgan fingerprint density at radius 1 is 0.679 bits per heavy atom. The van der Waals surface area contributed by atoms with Gasteiger partial charge in [0, 0.05) is 0 Å². The number of aromatic nitrogens is 2. The molecule has 4 rings (SSSR count). The van der Waals surface area contributed by atoms with Crippen LogP contribution in [0.1, 0.15) is 39.1 Å². The average molecular weight is 378 g/mol. The third-order valence-corrected chi connectivity index (χ3v) is 5.09. The maximum atomic E-state index is 5.77. The van der Waals surface area contributed by atoms with Gasteiger partial charge in [-0.05, 0) is 36.1 Å². The molecule has 6 nitrogen and oxygen atoms in total. The number of ether oxygens (including phenoxy) is 2. The predicted molar refractivity (Wildman–Crippen MR) is 110 cm³/mol. The highest BCUT2D eigenvalue weighted by Crippen LogP contribution is 2.21. The molecule has 0 fully saturated rings. The quantitative estimate of drug-likeness (QED) is 0.795. The SMILES string of the molecule is CC(C)[C@@H]1COC(c2cccc(-c3cccc(C4=N[C@H](C(C)C)CO4)n3)n2)=N1. The summed E-state index contributed by atoms with van der Waals surface area (Å²) >= 11 is 0. The van der Waals surface area contributed by atoms with Crippen molar-refractivity contribution in [2.75, 3.05) is 13.2 Å². The first-order valence-electron chi connectivity index (χ1n) is 9.87. The van der Waals surface area contributed by atoms with E-state index in [1.54, 1.807) is 0 Å². The first-order valence-corrected chi connectivity index (χ1v) is 9.87. The average Bonchev–Trinajstić information content (AvgIpc) is 3.38. The van der Waals surface area contributed by atoms with Gasteiger partial charge in [0.1, 0.15) is 24.6 Å². The standard InChI is InChI=1S/C22H26N4O2/c1-13(2)19-11-27-21(25-19)17-9-5-7-15(23-17)16-8-6-10-18(24-16)22-26-20(12-28-22)14(3)4/h5-10,13-14,19-20H,11-12H2,1-4H3/t19-,20-/m0/s1. The highest BCUT2D eigenvalue weighted by Gasteiger charge is 2.25. The fourth-order valence-electron chi connectivity index (χ4n) is 3.14. The summed E-state index contributed by atoms with van der Waals surface area (Å²) < 4.78 is 11.5. The second kappa shape index (κ2) is 7.70. The van der Waals surface area contributed by atoms with Crippen molar-refractivity contribution in [3.05, 3.63) is 47.8 Å². The van der Waals surface area contributed by atoms with E-state index in [1.807, 2.05) is 36.4 Å². The van der Waals surface area contributed by atoms with Crippen LogP contribution in [0.4, 0.5) is 0 Å². The Morgan fingerprint density at radius 3 is 1.43 bits per heavy atom. The fraction of sp³-hybridized carbons (Fsp3) is 0.455. The smallest absolute Gasteiger partial charge is 0.235 e. The molecule has 0 aromatic carbocycles. The second-order valence-electron chi connectivity index (χ2n) is 7.93. The summed E-state index contributed by atoms with van der Waals surface area (Å²) in [5, 5.41) is 0. The molecule has 6 heteroatoms. The van der Waals surface area contributed by atoms with Crippen LogP contribution in [0.15, 0.2) is 46.4 Å². The van der Waals surface area contributed by atoms with Gasteiger partial charge < -0.3 is 9.47 Å². The molecule has 0 bridgehead atoms. The molecule has 28 heavy (non-hydrogen) atoms. The Morgan fingerprint density at radius 2 is 1.07 bits per heavy atom. The molecule has 2 aliphatic rings. The number of pyridine rings is 2. The van der Waals surface area contributed by atoms with Crippen molar-refractivity contribution in [3.8, 4) is 11.4 Å². The summed E-state index contributed by atoms with van der Waals surface area (Å²) in [5.41, 5.74) is 3.03. The Bertz CT molecular complexity index is 845. The van der Waals surface area contributed by atoms with Gasteiger partial charge in [0.2, 0.25) is 11.8 Å². The van der Waals surface area contributed by atoms with Crippen LogP contribution in [0, 0.1) is 11.8 Å². The van der Waals surface area contributed by atoms with Crippen molar-refractivity contribution in [3.63, 3.8) is 0 Å². The minimum atomic E-state index is 0.188. The van der Waals surface area contributed by atoms with E-state index in [0.29, 0.717) is 36.8 Å². The van der Waals surface area contributed by atoms with Crippen LogP contribution in [0.3, 0.4) is 0 Å². The summed E-state index contributed by atoms with van der Waals surface area (Å²) in [7, 11) is 0. The topological polar surface area (TPSA) is 69.0 Å². The van der Waals surface area contributed by atoms with Crippen molar-refractivity contribution in [1.82, 2.24) is 9.97 Å². The molecule has 0 N–H and O–H groups in total. The highest BCUT2D eigenvalue weighted by molar-refractivity contribution is 5.94. The van der Waals surface area contributed by atoms with E-state index in [0.717, 1.165) is 22.8 Å². The summed E-state index contributed by atoms with van der Waals surface area (Å²) in [6.07, 6.45) is 0. The molecule has 146 valence electrons. The molecular weight excluding hydrogens is 352 g/mol. The van der Waals surface area contributed by atoms with E-state index < -0.39 is 0 Å². The van der Waals surface area contributed by atoms with Crippen molar-refractivity contribution in [2.45, 2.75) is 39.8 Å². The maximum Gasteiger partial charge on any atom is 0.235 e. The van der Waals surface area contributed by atoms with E-state index in [1.165, 1.54) is 0 Å². The van der Waals surface area contributed by atoms with Gasteiger partial charge >= 0.3 is 0 Å². The molecule has 2 atom stereocenters. The van der Waals surface area contributed by atoms with Gasteiger partial charge in [0.15, 0.2) is 0 Å². The van der Waals surface area contributed by atoms with Gasteiger partial charge in [-0.25, -0.2) is 20.0 Å². The molecule has 0 unspecified atom stereocenters. The van der Waals surface area contributed by atoms with Crippen molar-refractivity contribution < 1.29 is 9.47 Å². The van der Waals surface area contributed by atoms with Gasteiger partial charge in [-0.3, -0.25) is 0 Å². The summed E-state index contributed by atoms with van der Waals surface area (Å²) in [4.78, 5) is 18.8. The third kappa shape index (κ3) is 3.77. The minimum Gasteiger partial charge on any atom is -0.474 e. The van der Waals surface area contributed by atoms with Crippen LogP contribution in [0.2, 0.25) is 0 Å². The molecule has 2 aromatic rings. The number of nitrogens with zero attached hydrogens (tertiary/aromatic N) is 4. The molecule has 4 heterocycles. The lowest BCUT2D eigenvalue weighted by molar-refractivity contribution is 0.291. The molecule has 0 aliphatic carbocycles. The summed E-state index contributed by atoms with van der Waals surface area (Å²) in [6.45, 7) is 9.82. The molecule has 0 radical (unpaired) electrons. The van der Waals surface area contributed by atoms with E-state index in [4.69, 9.17) is 19.4 Å². The number of hydrogen-bond acceptors (Lipinski definition) is 6. The fourth-order valence-corrected chi connectivity index (χ4v) is 3.14. The lowest BCUT2D eigenvalue weighted by Gasteiger charge is -2.06. The van der Waals surface area contributed by atoms with Gasteiger partial charge in [-0.15, -0.1) is 0 Å². The Balaban J connectivity index is 1.61. The predicted octanol–water partition coefficient (Wildman–Crippen LogP) is 3.75. The van der Waals surface area contributed by atoms with Crippen LogP contribution >= 0.6 is 0 Å². The number of aliphatic imine (C=N–C) groups is 2. The zero-order chi connectivity index (χ0) is 19.7. The van der Waals surface area contributed by atoms with Crippen molar-refractivity contribution in [2.24, 2.45) is 21.8 Å². The van der Waals surface area contributed by atoms with Gasteiger partial charge in [0.25, 0.3) is 0 Å². The van der Waals surface area contributed by atoms with Crippen LogP contribution in [0.25, 0.3) is 11.4 Å². The molecule has 0 amide bonds. The highest BCUT2D eigenvalue weighted by atomic mass is 16.5. The first-order chi connectivity index (χ1) is 13.5. The summed E-state index contributed by atoms with van der Waals surface area (Å²) in [5.74, 6) is 2.11. The van der Waals surface area contributed by atoms with Gasteiger partial charge in [-0.1, -0.05) is 39.8 Å². The number of hydrogen-bond donors (Lipinski definition) is 0. The van der Waals surface area contributed by atoms with E-state index in [2.05, 4.69) is 37.7 Å². The minimum absolute atomic E-state index is 0.188. The molecule has 2 aliphatic heterocycles. The Labute approximate surface area is 165 Å². The first kappa shape index (κ1) is 18.6. The molecule has 0 saturated heterocycles. The molecule has 0 spiro atoms. The lowest BCUT2D eigenvalue weighted by Crippen LogP contribution is -2.13. The molecular formula is C22H26N4O2. The maximum absolute atomic E-state index is 5.77. The Hall–Kier alpha value is -2.76. The van der Waals surface area contributed by atoms with Gasteiger partial charge in [0.05, 0.1) is 23.5 Å². The van der Waals surface area contributed by atoms with Crippen LogP contribution < -0.4 is 0 Å². The molecule has 2 aromatic heterocycles. The Kier molecular flexibility index (Phi) is 5.11. The van der Waals surface area contributed by atoms with Crippen molar-refractivity contribution >= 4 is 11.8 Å². The normalized spacial score (nSPS) is 21.5. The van der Waals surface area contributed by atoms with E-state index in [-0.39, 0.29) is 12.1 Å². The van der Waals surface area contributed by atoms with Crippen molar-refractivity contribution in [1.29, 1.82) is 0 Å². The summed E-state index contributed by atoms with van der Waals surface area (Å²) in [6, 6.07) is 12.0.